The van der Waals surface area contributed by atoms with Gasteiger partial charge >= 0.3 is 11.9 Å². The Labute approximate surface area is 86.6 Å². The molecule has 0 saturated heterocycles. The van der Waals surface area contributed by atoms with E-state index < -0.39 is 6.23 Å². The SMILES string of the molecule is O=CNCCC1Oc2ccccc2[N+]1=O. The summed E-state index contributed by atoms with van der Waals surface area (Å²) >= 11 is 0. The Kier molecular flexibility index (Phi) is 2.62. The topological polar surface area (TPSA) is 58.4 Å². The molecule has 5 nitrogen and oxygen atoms in total. The molecule has 0 aliphatic carbocycles. The Morgan fingerprint density at radius 2 is 2.27 bits per heavy atom. The summed E-state index contributed by atoms with van der Waals surface area (Å²) in [6, 6.07) is 7.08. The van der Waals surface area contributed by atoms with Crippen molar-refractivity contribution in [2.24, 2.45) is 0 Å². The fraction of sp³-hybridized carbons (Fsp3) is 0.300. The molecule has 0 radical (unpaired) electrons. The number of benzene rings is 1. The van der Waals surface area contributed by atoms with E-state index in [1.807, 2.05) is 6.07 Å². The van der Waals surface area contributed by atoms with Gasteiger partial charge < -0.3 is 10.1 Å². The number of ether oxygens (including phenoxy) is 1. The third kappa shape index (κ3) is 1.81. The summed E-state index contributed by atoms with van der Waals surface area (Å²) in [5.41, 5.74) is 0.550. The standard InChI is InChI=1S/C10H10N2O3/c13-7-11-6-5-10-12(14)8-3-1-2-4-9(8)15-10/h1-4,7,10H,5-6H2/p+1. The molecule has 0 saturated carbocycles. The third-order valence-corrected chi connectivity index (χ3v) is 2.25. The molecule has 1 aliphatic heterocycles. The van der Waals surface area contributed by atoms with Gasteiger partial charge in [0, 0.05) is 17.5 Å². The minimum Gasteiger partial charge on any atom is -0.423 e. The lowest BCUT2D eigenvalue weighted by atomic mass is 10.3. The second-order valence-electron chi connectivity index (χ2n) is 3.23. The summed E-state index contributed by atoms with van der Waals surface area (Å²) in [6.07, 6.45) is 0.545. The average Bonchev–Trinajstić information content (AvgIpc) is 2.57. The molecule has 0 spiro atoms. The molecule has 2 rings (SSSR count). The van der Waals surface area contributed by atoms with Crippen molar-refractivity contribution in [2.75, 3.05) is 6.54 Å². The van der Waals surface area contributed by atoms with Crippen LogP contribution >= 0.6 is 0 Å². The highest BCUT2D eigenvalue weighted by Crippen LogP contribution is 2.35. The van der Waals surface area contributed by atoms with E-state index >= 15 is 0 Å². The van der Waals surface area contributed by atoms with Gasteiger partial charge in [0.05, 0.1) is 11.2 Å². The third-order valence-electron chi connectivity index (χ3n) is 2.25. The molecule has 5 heteroatoms. The van der Waals surface area contributed by atoms with Crippen LogP contribution in [0, 0.1) is 4.91 Å². The Morgan fingerprint density at radius 3 is 3.00 bits per heavy atom. The first-order chi connectivity index (χ1) is 7.33. The van der Waals surface area contributed by atoms with Crippen LogP contribution < -0.4 is 10.1 Å². The maximum Gasteiger partial charge on any atom is 0.352 e. The molecule has 1 amide bonds. The summed E-state index contributed by atoms with van der Waals surface area (Å²) in [6.45, 7) is 0.431. The van der Waals surface area contributed by atoms with Crippen LogP contribution in [0.1, 0.15) is 6.42 Å². The summed E-state index contributed by atoms with van der Waals surface area (Å²) in [7, 11) is 0. The van der Waals surface area contributed by atoms with Gasteiger partial charge in [-0.2, -0.15) is 0 Å². The van der Waals surface area contributed by atoms with Gasteiger partial charge in [0.2, 0.25) is 12.2 Å². The Hall–Kier alpha value is -1.91. The van der Waals surface area contributed by atoms with Crippen molar-refractivity contribution in [1.29, 1.82) is 0 Å². The molecule has 1 aromatic rings. The van der Waals surface area contributed by atoms with Gasteiger partial charge in [-0.3, -0.25) is 4.79 Å². The molecular formula is C10H11N2O3+. The van der Waals surface area contributed by atoms with E-state index in [9.17, 15) is 9.70 Å². The molecule has 1 N–H and O–H groups in total. The van der Waals surface area contributed by atoms with Crippen molar-refractivity contribution in [3.05, 3.63) is 29.2 Å². The lowest BCUT2D eigenvalue weighted by molar-refractivity contribution is -0.529. The van der Waals surface area contributed by atoms with Crippen molar-refractivity contribution in [3.63, 3.8) is 0 Å². The zero-order valence-corrected chi connectivity index (χ0v) is 8.05. The molecule has 0 bridgehead atoms. The molecule has 1 aliphatic rings. The first kappa shape index (κ1) is 9.64. The highest BCUT2D eigenvalue weighted by Gasteiger charge is 2.39. The fourth-order valence-electron chi connectivity index (χ4n) is 1.53. The fourth-order valence-corrected chi connectivity index (χ4v) is 1.53. The van der Waals surface area contributed by atoms with E-state index in [4.69, 9.17) is 4.74 Å². The highest BCUT2D eigenvalue weighted by molar-refractivity contribution is 5.47. The second kappa shape index (κ2) is 4.08. The number of carbonyl (C=O) groups excluding carboxylic acids is 1. The van der Waals surface area contributed by atoms with Crippen molar-refractivity contribution >= 4 is 12.1 Å². The van der Waals surface area contributed by atoms with Crippen LogP contribution in [0.3, 0.4) is 0 Å². The zero-order chi connectivity index (χ0) is 10.7. The van der Waals surface area contributed by atoms with Gasteiger partial charge in [-0.15, -0.1) is 0 Å². The largest absolute Gasteiger partial charge is 0.423 e. The number of nitroso groups, excluding NO2 is 1. The quantitative estimate of drug-likeness (QED) is 0.454. The van der Waals surface area contributed by atoms with Gasteiger partial charge in [0.1, 0.15) is 0 Å². The molecule has 1 atom stereocenters. The number of fused-ring (bicyclic) bond motifs is 1. The van der Waals surface area contributed by atoms with Crippen LogP contribution in [0.4, 0.5) is 5.69 Å². The van der Waals surface area contributed by atoms with Crippen LogP contribution in [0.2, 0.25) is 0 Å². The Morgan fingerprint density at radius 1 is 1.47 bits per heavy atom. The normalized spacial score (nSPS) is 18.1. The highest BCUT2D eigenvalue weighted by atomic mass is 16.5. The summed E-state index contributed by atoms with van der Waals surface area (Å²) in [5.74, 6) is 0.601. The van der Waals surface area contributed by atoms with E-state index in [1.165, 1.54) is 0 Å². The van der Waals surface area contributed by atoms with Crippen LogP contribution in [-0.2, 0) is 4.79 Å². The van der Waals surface area contributed by atoms with E-state index in [1.54, 1.807) is 18.2 Å². The van der Waals surface area contributed by atoms with Gasteiger partial charge in [-0.05, 0) is 6.07 Å². The molecule has 1 unspecified atom stereocenters. The number of amides is 1. The maximum atomic E-state index is 11.7. The monoisotopic (exact) mass is 207 g/mol. The van der Waals surface area contributed by atoms with Crippen molar-refractivity contribution in [1.82, 2.24) is 5.32 Å². The number of nitrogens with zero attached hydrogens (tertiary/aromatic N) is 1. The molecular weight excluding hydrogens is 196 g/mol. The predicted octanol–water partition coefficient (Wildman–Crippen LogP) is 0.952. The minimum atomic E-state index is -0.533. The van der Waals surface area contributed by atoms with Crippen LogP contribution in [0.5, 0.6) is 5.75 Å². The van der Waals surface area contributed by atoms with Crippen LogP contribution in [0.25, 0.3) is 0 Å². The number of para-hydroxylation sites is 2. The minimum absolute atomic E-state index is 0.431. The summed E-state index contributed by atoms with van der Waals surface area (Å²) in [4.78, 5) is 21.7. The Bertz CT molecular complexity index is 392. The first-order valence-electron chi connectivity index (χ1n) is 4.72. The number of rotatable bonds is 4. The summed E-state index contributed by atoms with van der Waals surface area (Å²) < 4.78 is 6.26. The molecule has 1 heterocycles. The van der Waals surface area contributed by atoms with E-state index in [0.717, 1.165) is 4.76 Å². The lowest BCUT2D eigenvalue weighted by Gasteiger charge is -2.01. The van der Waals surface area contributed by atoms with Gasteiger partial charge in [-0.1, -0.05) is 12.1 Å². The molecule has 78 valence electrons. The van der Waals surface area contributed by atoms with Crippen molar-refractivity contribution < 1.29 is 14.3 Å². The van der Waals surface area contributed by atoms with E-state index in [-0.39, 0.29) is 0 Å². The maximum absolute atomic E-state index is 11.7. The zero-order valence-electron chi connectivity index (χ0n) is 8.05. The summed E-state index contributed by atoms with van der Waals surface area (Å²) in [5, 5.41) is 2.50. The first-order valence-corrected chi connectivity index (χ1v) is 4.72. The van der Waals surface area contributed by atoms with Crippen LogP contribution in [0.15, 0.2) is 24.3 Å². The van der Waals surface area contributed by atoms with Crippen molar-refractivity contribution in [3.8, 4) is 5.75 Å². The number of hydrogen-bond donors (Lipinski definition) is 1. The average molecular weight is 207 g/mol. The second-order valence-corrected chi connectivity index (χ2v) is 3.23. The number of hydrogen-bond acceptors (Lipinski definition) is 3. The Balaban J connectivity index is 2.03. The molecule has 1 aromatic carbocycles. The predicted molar refractivity (Wildman–Crippen MR) is 52.8 cm³/mol. The van der Waals surface area contributed by atoms with Crippen molar-refractivity contribution in [2.45, 2.75) is 12.6 Å². The lowest BCUT2D eigenvalue weighted by Crippen LogP contribution is -2.26. The molecule has 15 heavy (non-hydrogen) atoms. The molecule has 0 aromatic heterocycles. The van der Waals surface area contributed by atoms with Gasteiger partial charge in [0.25, 0.3) is 0 Å². The van der Waals surface area contributed by atoms with E-state index in [2.05, 4.69) is 5.32 Å². The van der Waals surface area contributed by atoms with Crippen LogP contribution in [-0.4, -0.2) is 23.9 Å². The smallest absolute Gasteiger partial charge is 0.352 e. The number of carbonyl (C=O) groups is 1. The molecule has 0 fully saturated rings. The van der Waals surface area contributed by atoms with E-state index in [0.29, 0.717) is 30.8 Å². The number of nitrogens with one attached hydrogen (secondary N) is 1. The van der Waals surface area contributed by atoms with Gasteiger partial charge in [0.15, 0.2) is 0 Å². The van der Waals surface area contributed by atoms with Gasteiger partial charge in [-0.25, -0.2) is 0 Å².